The molecule has 0 aromatic carbocycles. The van der Waals surface area contributed by atoms with E-state index in [9.17, 15) is 0 Å². The lowest BCUT2D eigenvalue weighted by atomic mass is 10.3. The third-order valence-corrected chi connectivity index (χ3v) is 2.84. The molecule has 0 aliphatic heterocycles. The van der Waals surface area contributed by atoms with E-state index in [0.29, 0.717) is 6.04 Å². The van der Waals surface area contributed by atoms with Gasteiger partial charge in [0.15, 0.2) is 0 Å². The van der Waals surface area contributed by atoms with Gasteiger partial charge in [-0.05, 0) is 19.3 Å². The molecule has 72 valence electrons. The zero-order chi connectivity index (χ0) is 9.26. The summed E-state index contributed by atoms with van der Waals surface area (Å²) in [5, 5.41) is 9.22. The van der Waals surface area contributed by atoms with E-state index in [4.69, 9.17) is 0 Å². The van der Waals surface area contributed by atoms with E-state index >= 15 is 0 Å². The first-order valence-corrected chi connectivity index (χ1v) is 5.97. The number of halogens is 1. The zero-order valence-electron chi connectivity index (χ0n) is 7.83. The van der Waals surface area contributed by atoms with Crippen molar-refractivity contribution < 1.29 is 0 Å². The summed E-state index contributed by atoms with van der Waals surface area (Å²) >= 11 is 3.45. The average Bonchev–Trinajstić information content (AvgIpc) is 2.89. The van der Waals surface area contributed by atoms with Gasteiger partial charge in [-0.1, -0.05) is 22.9 Å². The molecule has 1 fully saturated rings. The Morgan fingerprint density at radius 2 is 2.08 bits per heavy atom. The molecule has 0 N–H and O–H groups in total. The van der Waals surface area contributed by atoms with Gasteiger partial charge in [-0.25, -0.2) is 0 Å². The number of nitrogens with zero attached hydrogens (tertiary/aromatic N) is 3. The summed E-state index contributed by atoms with van der Waals surface area (Å²) in [5.74, 6) is 2.26. The molecule has 13 heavy (non-hydrogen) atoms. The van der Waals surface area contributed by atoms with Crippen molar-refractivity contribution in [1.29, 1.82) is 0 Å². The van der Waals surface area contributed by atoms with Gasteiger partial charge in [-0.3, -0.25) is 0 Å². The van der Waals surface area contributed by atoms with Crippen molar-refractivity contribution >= 4 is 15.9 Å². The maximum absolute atomic E-state index is 4.22. The summed E-state index contributed by atoms with van der Waals surface area (Å²) in [7, 11) is 0. The number of hydrogen-bond donors (Lipinski definition) is 0. The fraction of sp³-hybridized carbons (Fsp3) is 0.778. The SMILES string of the molecule is CCCc1nnc(CBr)n1C1CC1. The van der Waals surface area contributed by atoms with E-state index in [-0.39, 0.29) is 0 Å². The minimum absolute atomic E-state index is 0.698. The van der Waals surface area contributed by atoms with Crippen LogP contribution in [-0.4, -0.2) is 14.8 Å². The van der Waals surface area contributed by atoms with Crippen LogP contribution in [0.15, 0.2) is 0 Å². The van der Waals surface area contributed by atoms with Crippen LogP contribution in [0.4, 0.5) is 0 Å². The van der Waals surface area contributed by atoms with Crippen LogP contribution in [0.2, 0.25) is 0 Å². The minimum atomic E-state index is 0.698. The lowest BCUT2D eigenvalue weighted by molar-refractivity contribution is 0.650. The summed E-state index contributed by atoms with van der Waals surface area (Å²) < 4.78 is 2.32. The van der Waals surface area contributed by atoms with Gasteiger partial charge in [-0.15, -0.1) is 10.2 Å². The molecule has 1 aliphatic rings. The summed E-state index contributed by atoms with van der Waals surface area (Å²) in [4.78, 5) is 0. The molecule has 0 amide bonds. The largest absolute Gasteiger partial charge is 0.311 e. The molecule has 3 nitrogen and oxygen atoms in total. The van der Waals surface area contributed by atoms with Crippen LogP contribution in [0.3, 0.4) is 0 Å². The van der Waals surface area contributed by atoms with E-state index < -0.39 is 0 Å². The van der Waals surface area contributed by atoms with Crippen molar-refractivity contribution in [1.82, 2.24) is 14.8 Å². The molecule has 2 rings (SSSR count). The molecular weight excluding hydrogens is 230 g/mol. The molecule has 1 aromatic rings. The fourth-order valence-electron chi connectivity index (χ4n) is 1.60. The van der Waals surface area contributed by atoms with Gasteiger partial charge in [0.2, 0.25) is 0 Å². The molecule has 0 bridgehead atoms. The lowest BCUT2D eigenvalue weighted by Gasteiger charge is -2.05. The van der Waals surface area contributed by atoms with Crippen molar-refractivity contribution in [3.8, 4) is 0 Å². The van der Waals surface area contributed by atoms with E-state index in [1.807, 2.05) is 0 Å². The smallest absolute Gasteiger partial charge is 0.143 e. The highest BCUT2D eigenvalue weighted by Gasteiger charge is 2.28. The number of hydrogen-bond acceptors (Lipinski definition) is 2. The highest BCUT2D eigenvalue weighted by atomic mass is 79.9. The molecule has 0 saturated heterocycles. The zero-order valence-corrected chi connectivity index (χ0v) is 9.42. The normalized spacial score (nSPS) is 16.5. The van der Waals surface area contributed by atoms with Gasteiger partial charge in [0.05, 0.1) is 5.33 Å². The Hall–Kier alpha value is -0.380. The monoisotopic (exact) mass is 243 g/mol. The van der Waals surface area contributed by atoms with Gasteiger partial charge < -0.3 is 4.57 Å². The molecule has 0 atom stereocenters. The maximum atomic E-state index is 4.22. The molecule has 1 saturated carbocycles. The molecule has 0 unspecified atom stereocenters. The van der Waals surface area contributed by atoms with E-state index in [0.717, 1.165) is 24.0 Å². The van der Waals surface area contributed by atoms with Crippen molar-refractivity contribution in [2.45, 2.75) is 44.0 Å². The quantitative estimate of drug-likeness (QED) is 0.761. The van der Waals surface area contributed by atoms with Crippen LogP contribution in [0.1, 0.15) is 43.9 Å². The molecular formula is C9H14BrN3. The van der Waals surface area contributed by atoms with Gasteiger partial charge in [0.25, 0.3) is 0 Å². The van der Waals surface area contributed by atoms with E-state index in [1.165, 1.54) is 18.7 Å². The summed E-state index contributed by atoms with van der Waals surface area (Å²) in [6, 6.07) is 0.698. The number of rotatable bonds is 4. The minimum Gasteiger partial charge on any atom is -0.311 e. The lowest BCUT2D eigenvalue weighted by Crippen LogP contribution is -2.04. The maximum Gasteiger partial charge on any atom is 0.143 e. The van der Waals surface area contributed by atoms with Gasteiger partial charge in [-0.2, -0.15) is 0 Å². The summed E-state index contributed by atoms with van der Waals surface area (Å²) in [5.41, 5.74) is 0. The Balaban J connectivity index is 2.27. The van der Waals surface area contributed by atoms with Crippen LogP contribution < -0.4 is 0 Å². The van der Waals surface area contributed by atoms with Crippen molar-refractivity contribution in [2.24, 2.45) is 0 Å². The van der Waals surface area contributed by atoms with Gasteiger partial charge in [0, 0.05) is 12.5 Å². The van der Waals surface area contributed by atoms with Crippen molar-refractivity contribution in [2.75, 3.05) is 0 Å². The van der Waals surface area contributed by atoms with E-state index in [2.05, 4.69) is 37.6 Å². The highest BCUT2D eigenvalue weighted by molar-refractivity contribution is 9.08. The average molecular weight is 244 g/mol. The van der Waals surface area contributed by atoms with Crippen LogP contribution in [0, 0.1) is 0 Å². The molecule has 0 radical (unpaired) electrons. The van der Waals surface area contributed by atoms with Crippen LogP contribution in [0.5, 0.6) is 0 Å². The Morgan fingerprint density at radius 1 is 1.38 bits per heavy atom. The molecule has 0 spiro atoms. The predicted octanol–water partition coefficient (Wildman–Crippen LogP) is 2.46. The van der Waals surface area contributed by atoms with Crippen LogP contribution in [-0.2, 0) is 11.8 Å². The Bertz CT molecular complexity index is 291. The standard InChI is InChI=1S/C9H14BrN3/c1-2-3-8-11-12-9(6-10)13(8)7-4-5-7/h7H,2-6H2,1H3. The second kappa shape index (κ2) is 3.78. The van der Waals surface area contributed by atoms with Crippen LogP contribution in [0.25, 0.3) is 0 Å². The second-order valence-electron chi connectivity index (χ2n) is 3.52. The predicted molar refractivity (Wildman–Crippen MR) is 54.9 cm³/mol. The third-order valence-electron chi connectivity index (χ3n) is 2.34. The summed E-state index contributed by atoms with van der Waals surface area (Å²) in [6.07, 6.45) is 4.80. The Kier molecular flexibility index (Phi) is 2.67. The Morgan fingerprint density at radius 3 is 2.62 bits per heavy atom. The first-order chi connectivity index (χ1) is 6.36. The topological polar surface area (TPSA) is 30.7 Å². The van der Waals surface area contributed by atoms with E-state index in [1.54, 1.807) is 0 Å². The van der Waals surface area contributed by atoms with Gasteiger partial charge >= 0.3 is 0 Å². The number of aromatic nitrogens is 3. The first-order valence-electron chi connectivity index (χ1n) is 4.85. The highest BCUT2D eigenvalue weighted by Crippen LogP contribution is 2.37. The first kappa shape index (κ1) is 9.19. The fourth-order valence-corrected chi connectivity index (χ4v) is 1.98. The Labute approximate surface area is 86.7 Å². The number of aryl methyl sites for hydroxylation is 1. The van der Waals surface area contributed by atoms with Crippen LogP contribution >= 0.6 is 15.9 Å². The third kappa shape index (κ3) is 1.77. The summed E-state index contributed by atoms with van der Waals surface area (Å²) in [6.45, 7) is 2.18. The molecule has 4 heteroatoms. The molecule has 1 aromatic heterocycles. The number of alkyl halides is 1. The van der Waals surface area contributed by atoms with Crippen molar-refractivity contribution in [3.63, 3.8) is 0 Å². The van der Waals surface area contributed by atoms with Gasteiger partial charge in [0.1, 0.15) is 11.6 Å². The molecule has 1 heterocycles. The molecule has 1 aliphatic carbocycles. The van der Waals surface area contributed by atoms with Crippen molar-refractivity contribution in [3.05, 3.63) is 11.6 Å². The second-order valence-corrected chi connectivity index (χ2v) is 4.08.